The molecular weight excluding hydrogens is 244 g/mol. The highest BCUT2D eigenvalue weighted by Crippen LogP contribution is 2.31. The minimum Gasteiger partial charge on any atom is -0.317 e. The summed E-state index contributed by atoms with van der Waals surface area (Å²) in [5.41, 5.74) is 3.02. The molecule has 2 heteroatoms. The Labute approximate surface area is 124 Å². The van der Waals surface area contributed by atoms with Gasteiger partial charge in [0.05, 0.1) is 0 Å². The molecule has 0 aliphatic heterocycles. The largest absolute Gasteiger partial charge is 0.317 e. The first-order chi connectivity index (χ1) is 9.70. The molecule has 1 aromatic rings. The van der Waals surface area contributed by atoms with Crippen LogP contribution >= 0.6 is 0 Å². The van der Waals surface area contributed by atoms with Crippen LogP contribution in [0.25, 0.3) is 0 Å². The first-order valence-corrected chi connectivity index (χ1v) is 8.22. The Hall–Kier alpha value is -0.860. The summed E-state index contributed by atoms with van der Waals surface area (Å²) in [5.74, 6) is 0.964. The Bertz CT molecular complexity index is 396. The zero-order valence-electron chi connectivity index (χ0n) is 13.4. The summed E-state index contributed by atoms with van der Waals surface area (Å²) < 4.78 is 0. The molecule has 20 heavy (non-hydrogen) atoms. The third-order valence-electron chi connectivity index (χ3n) is 4.23. The van der Waals surface area contributed by atoms with E-state index in [-0.39, 0.29) is 0 Å². The monoisotopic (exact) mass is 274 g/mol. The number of hydrogen-bond donors (Lipinski definition) is 1. The average molecular weight is 274 g/mol. The van der Waals surface area contributed by atoms with Crippen LogP contribution in [0.4, 0.5) is 0 Å². The van der Waals surface area contributed by atoms with Crippen molar-refractivity contribution < 1.29 is 0 Å². The summed E-state index contributed by atoms with van der Waals surface area (Å²) >= 11 is 0. The molecule has 1 fully saturated rings. The van der Waals surface area contributed by atoms with E-state index in [1.807, 2.05) is 0 Å². The van der Waals surface area contributed by atoms with Gasteiger partial charge in [-0.05, 0) is 63.2 Å². The van der Waals surface area contributed by atoms with E-state index in [2.05, 4.69) is 55.3 Å². The van der Waals surface area contributed by atoms with Crippen molar-refractivity contribution in [1.29, 1.82) is 0 Å². The molecule has 0 spiro atoms. The smallest absolute Gasteiger partial charge is 0.0239 e. The predicted octanol–water partition coefficient (Wildman–Crippen LogP) is 3.46. The van der Waals surface area contributed by atoms with Crippen LogP contribution in [0.15, 0.2) is 24.3 Å². The van der Waals surface area contributed by atoms with E-state index >= 15 is 0 Å². The molecule has 1 N–H and O–H groups in total. The van der Waals surface area contributed by atoms with E-state index in [0.717, 1.165) is 32.0 Å². The van der Waals surface area contributed by atoms with Gasteiger partial charge in [-0.3, -0.25) is 4.90 Å². The fourth-order valence-corrected chi connectivity index (χ4v) is 2.66. The standard InChI is InChI=1S/C18H30N2/c1-4-19-12-11-17-7-5-6-8-18(17)14-20(15(2)3)13-16-9-10-16/h5-8,15-16,19H,4,9-14H2,1-3H3. The fraction of sp³-hybridized carbons (Fsp3) is 0.667. The second kappa shape index (κ2) is 7.80. The predicted molar refractivity (Wildman–Crippen MR) is 87.0 cm³/mol. The maximum absolute atomic E-state index is 3.43. The lowest BCUT2D eigenvalue weighted by molar-refractivity contribution is 0.203. The van der Waals surface area contributed by atoms with E-state index < -0.39 is 0 Å². The zero-order valence-corrected chi connectivity index (χ0v) is 13.4. The second-order valence-electron chi connectivity index (χ2n) is 6.34. The van der Waals surface area contributed by atoms with Crippen LogP contribution in [-0.4, -0.2) is 30.6 Å². The topological polar surface area (TPSA) is 15.3 Å². The van der Waals surface area contributed by atoms with Gasteiger partial charge in [0.2, 0.25) is 0 Å². The molecule has 0 amide bonds. The molecule has 0 unspecified atom stereocenters. The maximum atomic E-state index is 3.43. The van der Waals surface area contributed by atoms with Gasteiger partial charge < -0.3 is 5.32 Å². The van der Waals surface area contributed by atoms with Crippen molar-refractivity contribution in [2.24, 2.45) is 5.92 Å². The highest BCUT2D eigenvalue weighted by atomic mass is 15.1. The highest BCUT2D eigenvalue weighted by molar-refractivity contribution is 5.27. The fourth-order valence-electron chi connectivity index (χ4n) is 2.66. The summed E-state index contributed by atoms with van der Waals surface area (Å²) in [4.78, 5) is 2.64. The molecule has 1 aliphatic carbocycles. The molecule has 1 aromatic carbocycles. The number of nitrogens with one attached hydrogen (secondary N) is 1. The van der Waals surface area contributed by atoms with Crippen molar-refractivity contribution in [3.05, 3.63) is 35.4 Å². The third kappa shape index (κ3) is 4.92. The van der Waals surface area contributed by atoms with Crippen molar-refractivity contribution >= 4 is 0 Å². The number of likely N-dealkylation sites (N-methyl/N-ethyl adjacent to an activating group) is 1. The minimum absolute atomic E-state index is 0.637. The van der Waals surface area contributed by atoms with Crippen molar-refractivity contribution in [2.75, 3.05) is 19.6 Å². The van der Waals surface area contributed by atoms with Crippen LogP contribution in [-0.2, 0) is 13.0 Å². The Balaban J connectivity index is 1.98. The Morgan fingerprint density at radius 1 is 1.20 bits per heavy atom. The number of nitrogens with zero attached hydrogens (tertiary/aromatic N) is 1. The molecule has 0 bridgehead atoms. The van der Waals surface area contributed by atoms with Gasteiger partial charge in [0.15, 0.2) is 0 Å². The van der Waals surface area contributed by atoms with E-state index in [0.29, 0.717) is 6.04 Å². The van der Waals surface area contributed by atoms with Gasteiger partial charge in [-0.15, -0.1) is 0 Å². The van der Waals surface area contributed by atoms with Crippen LogP contribution in [0, 0.1) is 5.92 Å². The molecule has 0 radical (unpaired) electrons. The lowest BCUT2D eigenvalue weighted by atomic mass is 10.0. The van der Waals surface area contributed by atoms with Gasteiger partial charge in [0.1, 0.15) is 0 Å². The molecule has 112 valence electrons. The van der Waals surface area contributed by atoms with Crippen LogP contribution in [0.5, 0.6) is 0 Å². The molecule has 0 heterocycles. The van der Waals surface area contributed by atoms with Crippen molar-refractivity contribution in [2.45, 2.75) is 52.6 Å². The SMILES string of the molecule is CCNCCc1ccccc1CN(CC1CC1)C(C)C. The third-order valence-corrected chi connectivity index (χ3v) is 4.23. The van der Waals surface area contributed by atoms with E-state index in [1.54, 1.807) is 0 Å². The molecule has 2 rings (SSSR count). The van der Waals surface area contributed by atoms with E-state index in [9.17, 15) is 0 Å². The molecule has 2 nitrogen and oxygen atoms in total. The minimum atomic E-state index is 0.637. The molecule has 0 aromatic heterocycles. The molecule has 1 saturated carbocycles. The van der Waals surface area contributed by atoms with Crippen LogP contribution < -0.4 is 5.32 Å². The summed E-state index contributed by atoms with van der Waals surface area (Å²) in [6.07, 6.45) is 4.01. The van der Waals surface area contributed by atoms with Crippen molar-refractivity contribution in [3.63, 3.8) is 0 Å². The zero-order chi connectivity index (χ0) is 14.4. The summed E-state index contributed by atoms with van der Waals surface area (Å²) in [6.45, 7) is 11.3. The summed E-state index contributed by atoms with van der Waals surface area (Å²) in [5, 5.41) is 3.43. The molecule has 0 saturated heterocycles. The lowest BCUT2D eigenvalue weighted by Crippen LogP contribution is -2.32. The second-order valence-corrected chi connectivity index (χ2v) is 6.34. The van der Waals surface area contributed by atoms with Gasteiger partial charge in [0.25, 0.3) is 0 Å². The Kier molecular flexibility index (Phi) is 6.06. The molecule has 0 atom stereocenters. The van der Waals surface area contributed by atoms with Crippen molar-refractivity contribution in [3.8, 4) is 0 Å². The first kappa shape index (κ1) is 15.5. The van der Waals surface area contributed by atoms with E-state index in [1.165, 1.54) is 30.5 Å². The molecular formula is C18H30N2. The lowest BCUT2D eigenvalue weighted by Gasteiger charge is -2.27. The van der Waals surface area contributed by atoms with Gasteiger partial charge in [-0.1, -0.05) is 31.2 Å². The van der Waals surface area contributed by atoms with Gasteiger partial charge in [-0.25, -0.2) is 0 Å². The quantitative estimate of drug-likeness (QED) is 0.694. The number of rotatable bonds is 9. The Morgan fingerprint density at radius 2 is 1.90 bits per heavy atom. The summed E-state index contributed by atoms with van der Waals surface area (Å²) in [6, 6.07) is 9.59. The van der Waals surface area contributed by atoms with Crippen LogP contribution in [0.1, 0.15) is 44.7 Å². The Morgan fingerprint density at radius 3 is 2.50 bits per heavy atom. The van der Waals surface area contributed by atoms with Gasteiger partial charge in [0, 0.05) is 19.1 Å². The van der Waals surface area contributed by atoms with E-state index in [4.69, 9.17) is 0 Å². The average Bonchev–Trinajstić information content (AvgIpc) is 3.24. The van der Waals surface area contributed by atoms with Crippen LogP contribution in [0.3, 0.4) is 0 Å². The first-order valence-electron chi connectivity index (χ1n) is 8.22. The van der Waals surface area contributed by atoms with Crippen molar-refractivity contribution in [1.82, 2.24) is 10.2 Å². The van der Waals surface area contributed by atoms with Gasteiger partial charge in [-0.2, -0.15) is 0 Å². The molecule has 1 aliphatic rings. The van der Waals surface area contributed by atoms with Gasteiger partial charge >= 0.3 is 0 Å². The number of benzene rings is 1. The normalized spacial score (nSPS) is 15.2. The maximum Gasteiger partial charge on any atom is 0.0239 e. The summed E-state index contributed by atoms with van der Waals surface area (Å²) in [7, 11) is 0. The van der Waals surface area contributed by atoms with Crippen LogP contribution in [0.2, 0.25) is 0 Å². The number of hydrogen-bond acceptors (Lipinski definition) is 2. The highest BCUT2D eigenvalue weighted by Gasteiger charge is 2.25.